The van der Waals surface area contributed by atoms with Crippen LogP contribution in [-0.4, -0.2) is 39.2 Å². The molecule has 3 aromatic rings. The fraction of sp³-hybridized carbons (Fsp3) is 0.312. The van der Waals surface area contributed by atoms with Crippen LogP contribution < -0.4 is 5.56 Å². The van der Waals surface area contributed by atoms with E-state index in [0.717, 1.165) is 28.2 Å². The van der Waals surface area contributed by atoms with Gasteiger partial charge in [0.1, 0.15) is 4.83 Å². The van der Waals surface area contributed by atoms with Crippen molar-refractivity contribution < 1.29 is 4.79 Å². The number of thiophene rings is 2. The van der Waals surface area contributed by atoms with Crippen LogP contribution in [0.15, 0.2) is 32.8 Å². The SMILES string of the molecule is CN1CCC(Sc2nc3scc(-c4cccs4)c3c(=O)n2C)C1=O. The summed E-state index contributed by atoms with van der Waals surface area (Å²) < 4.78 is 1.57. The van der Waals surface area contributed by atoms with Crippen LogP contribution >= 0.6 is 34.4 Å². The molecule has 4 rings (SSSR count). The summed E-state index contributed by atoms with van der Waals surface area (Å²) in [5.74, 6) is 0.111. The Morgan fingerprint density at radius 3 is 2.79 bits per heavy atom. The molecular formula is C16H15N3O2S3. The molecule has 1 aliphatic rings. The highest BCUT2D eigenvalue weighted by atomic mass is 32.2. The summed E-state index contributed by atoms with van der Waals surface area (Å²) in [5, 5.41) is 5.13. The number of thioether (sulfide) groups is 1. The summed E-state index contributed by atoms with van der Waals surface area (Å²) in [4.78, 5) is 33.2. The van der Waals surface area contributed by atoms with E-state index in [1.807, 2.05) is 29.9 Å². The maximum Gasteiger partial charge on any atom is 0.263 e. The molecule has 0 saturated carbocycles. The van der Waals surface area contributed by atoms with E-state index in [9.17, 15) is 9.59 Å². The molecule has 1 fully saturated rings. The fourth-order valence-corrected chi connectivity index (χ4v) is 5.75. The van der Waals surface area contributed by atoms with Crippen molar-refractivity contribution in [1.82, 2.24) is 14.5 Å². The Bertz CT molecular complexity index is 975. The third-order valence-electron chi connectivity index (χ3n) is 4.19. The molecule has 1 aliphatic heterocycles. The van der Waals surface area contributed by atoms with E-state index in [4.69, 9.17) is 0 Å². The number of hydrogen-bond donors (Lipinski definition) is 0. The first-order valence-corrected chi connectivity index (χ1v) is 10.1. The van der Waals surface area contributed by atoms with Gasteiger partial charge in [-0.05, 0) is 17.9 Å². The van der Waals surface area contributed by atoms with E-state index in [2.05, 4.69) is 4.98 Å². The quantitative estimate of drug-likeness (QED) is 0.659. The summed E-state index contributed by atoms with van der Waals surface area (Å²) in [5.41, 5.74) is 0.900. The van der Waals surface area contributed by atoms with Gasteiger partial charge in [-0.2, -0.15) is 0 Å². The third kappa shape index (κ3) is 2.49. The van der Waals surface area contributed by atoms with Crippen molar-refractivity contribution in [3.05, 3.63) is 33.2 Å². The molecule has 1 atom stereocenters. The number of fused-ring (bicyclic) bond motifs is 1. The normalized spacial score (nSPS) is 18.0. The van der Waals surface area contributed by atoms with Gasteiger partial charge in [-0.25, -0.2) is 4.98 Å². The van der Waals surface area contributed by atoms with Gasteiger partial charge < -0.3 is 4.90 Å². The van der Waals surface area contributed by atoms with Crippen LogP contribution in [0.5, 0.6) is 0 Å². The molecule has 0 aliphatic carbocycles. The number of amides is 1. The van der Waals surface area contributed by atoms with Crippen molar-refractivity contribution in [2.24, 2.45) is 7.05 Å². The summed E-state index contributed by atoms with van der Waals surface area (Å²) in [7, 11) is 3.54. The minimum Gasteiger partial charge on any atom is -0.345 e. The highest BCUT2D eigenvalue weighted by molar-refractivity contribution is 8.00. The van der Waals surface area contributed by atoms with Crippen LogP contribution in [-0.2, 0) is 11.8 Å². The van der Waals surface area contributed by atoms with Crippen LogP contribution in [0, 0.1) is 0 Å². The van der Waals surface area contributed by atoms with Gasteiger partial charge in [0, 0.05) is 36.5 Å². The lowest BCUT2D eigenvalue weighted by molar-refractivity contribution is -0.126. The van der Waals surface area contributed by atoms with E-state index in [1.165, 1.54) is 23.1 Å². The van der Waals surface area contributed by atoms with Crippen LogP contribution in [0.25, 0.3) is 20.7 Å². The second-order valence-electron chi connectivity index (χ2n) is 5.72. The fourth-order valence-electron chi connectivity index (χ4n) is 2.80. The van der Waals surface area contributed by atoms with Crippen molar-refractivity contribution in [2.45, 2.75) is 16.8 Å². The van der Waals surface area contributed by atoms with E-state index in [-0.39, 0.29) is 16.7 Å². The van der Waals surface area contributed by atoms with Crippen molar-refractivity contribution in [3.63, 3.8) is 0 Å². The van der Waals surface area contributed by atoms with Crippen LogP contribution in [0.3, 0.4) is 0 Å². The van der Waals surface area contributed by atoms with E-state index in [0.29, 0.717) is 10.5 Å². The Morgan fingerprint density at radius 1 is 1.29 bits per heavy atom. The zero-order valence-corrected chi connectivity index (χ0v) is 15.6. The topological polar surface area (TPSA) is 55.2 Å². The summed E-state index contributed by atoms with van der Waals surface area (Å²) in [6.07, 6.45) is 0.790. The van der Waals surface area contributed by atoms with E-state index < -0.39 is 0 Å². The van der Waals surface area contributed by atoms with Crippen LogP contribution in [0.4, 0.5) is 0 Å². The molecule has 0 N–H and O–H groups in total. The monoisotopic (exact) mass is 377 g/mol. The van der Waals surface area contributed by atoms with Crippen molar-refractivity contribution in [3.8, 4) is 10.4 Å². The first kappa shape index (κ1) is 15.9. The number of carbonyl (C=O) groups is 1. The van der Waals surface area contributed by atoms with Crippen molar-refractivity contribution in [2.75, 3.05) is 13.6 Å². The molecule has 1 saturated heterocycles. The zero-order chi connectivity index (χ0) is 16.8. The lowest BCUT2D eigenvalue weighted by Gasteiger charge is -2.12. The van der Waals surface area contributed by atoms with Crippen molar-refractivity contribution in [1.29, 1.82) is 0 Å². The lowest BCUT2D eigenvalue weighted by atomic mass is 10.2. The third-order valence-corrected chi connectivity index (χ3v) is 7.26. The number of rotatable bonds is 3. The van der Waals surface area contributed by atoms with Gasteiger partial charge in [0.25, 0.3) is 5.56 Å². The summed E-state index contributed by atoms with van der Waals surface area (Å²) >= 11 is 4.49. The Hall–Kier alpha value is -1.64. The predicted octanol–water partition coefficient (Wildman–Crippen LogP) is 3.05. The average molecular weight is 378 g/mol. The Labute approximate surface area is 150 Å². The number of nitrogens with zero attached hydrogens (tertiary/aromatic N) is 3. The molecule has 4 heterocycles. The minimum atomic E-state index is -0.151. The molecule has 5 nitrogen and oxygen atoms in total. The highest BCUT2D eigenvalue weighted by Crippen LogP contribution is 2.35. The average Bonchev–Trinajstić information content (AvgIpc) is 3.28. The number of likely N-dealkylation sites (tertiary alicyclic amines) is 1. The van der Waals surface area contributed by atoms with Gasteiger partial charge in [0.15, 0.2) is 5.16 Å². The number of hydrogen-bond acceptors (Lipinski definition) is 6. The molecule has 0 spiro atoms. The molecule has 124 valence electrons. The zero-order valence-electron chi connectivity index (χ0n) is 13.2. The molecular weight excluding hydrogens is 362 g/mol. The maximum atomic E-state index is 12.9. The number of carbonyl (C=O) groups excluding carboxylic acids is 1. The summed E-state index contributed by atoms with van der Waals surface area (Å²) in [6, 6.07) is 4.00. The second kappa shape index (κ2) is 6.02. The van der Waals surface area contributed by atoms with Gasteiger partial charge in [-0.3, -0.25) is 14.2 Å². The maximum absolute atomic E-state index is 12.9. The van der Waals surface area contributed by atoms with E-state index in [1.54, 1.807) is 27.9 Å². The smallest absolute Gasteiger partial charge is 0.263 e. The first-order valence-electron chi connectivity index (χ1n) is 7.50. The molecule has 0 radical (unpaired) electrons. The van der Waals surface area contributed by atoms with Gasteiger partial charge in [-0.15, -0.1) is 22.7 Å². The first-order chi connectivity index (χ1) is 11.6. The molecule has 0 bridgehead atoms. The predicted molar refractivity (Wildman–Crippen MR) is 100 cm³/mol. The van der Waals surface area contributed by atoms with E-state index >= 15 is 0 Å². The Kier molecular flexibility index (Phi) is 3.98. The van der Waals surface area contributed by atoms with Gasteiger partial charge in [-0.1, -0.05) is 17.8 Å². The van der Waals surface area contributed by atoms with Crippen LogP contribution in [0.2, 0.25) is 0 Å². The van der Waals surface area contributed by atoms with Crippen molar-refractivity contribution >= 4 is 50.6 Å². The molecule has 8 heteroatoms. The summed E-state index contributed by atoms with van der Waals surface area (Å²) in [6.45, 7) is 0.758. The largest absolute Gasteiger partial charge is 0.345 e. The Morgan fingerprint density at radius 2 is 2.12 bits per heavy atom. The molecule has 0 aromatic carbocycles. The van der Waals surface area contributed by atoms with Gasteiger partial charge in [0.2, 0.25) is 5.91 Å². The second-order valence-corrected chi connectivity index (χ2v) is 8.70. The Balaban J connectivity index is 1.78. The van der Waals surface area contributed by atoms with Gasteiger partial charge in [0.05, 0.1) is 10.6 Å². The molecule has 3 aromatic heterocycles. The highest BCUT2D eigenvalue weighted by Gasteiger charge is 2.31. The standard InChI is InChI=1S/C16H15N3O2S3/c1-18-6-5-11(14(18)20)24-16-17-13-12(15(21)19(16)2)9(8-23-13)10-4-3-7-22-10/h3-4,7-8,11H,5-6H2,1-2H3. The molecule has 24 heavy (non-hydrogen) atoms. The molecule has 1 unspecified atom stereocenters. The molecule has 1 amide bonds. The van der Waals surface area contributed by atoms with Gasteiger partial charge >= 0.3 is 0 Å². The minimum absolute atomic E-state index is 0.0500. The number of aromatic nitrogens is 2. The lowest BCUT2D eigenvalue weighted by Crippen LogP contribution is -2.25. The van der Waals surface area contributed by atoms with Crippen LogP contribution in [0.1, 0.15) is 6.42 Å².